The van der Waals surface area contributed by atoms with E-state index in [0.717, 1.165) is 50.1 Å². The number of para-hydroxylation sites is 1. The molecule has 0 atom stereocenters. The number of rotatable bonds is 5. The molecule has 1 heterocycles. The molecule has 6 rings (SSSR count). The lowest BCUT2D eigenvalue weighted by atomic mass is 9.49. The highest BCUT2D eigenvalue weighted by atomic mass is 16.5. The maximum atomic E-state index is 13.1. The van der Waals surface area contributed by atoms with Gasteiger partial charge in [-0.25, -0.2) is 0 Å². The first kappa shape index (κ1) is 19.9. The summed E-state index contributed by atoms with van der Waals surface area (Å²) in [5, 5.41) is 3.14. The maximum absolute atomic E-state index is 13.1. The molecule has 0 radical (unpaired) electrons. The Bertz CT molecular complexity index is 777. The van der Waals surface area contributed by atoms with Crippen molar-refractivity contribution in [1.82, 2.24) is 10.2 Å². The first-order chi connectivity index (χ1) is 14.5. The van der Waals surface area contributed by atoms with Gasteiger partial charge in [-0.15, -0.1) is 0 Å². The number of amides is 2. The van der Waals surface area contributed by atoms with Gasteiger partial charge in [-0.05, 0) is 86.7 Å². The van der Waals surface area contributed by atoms with Crippen LogP contribution in [0.15, 0.2) is 24.3 Å². The van der Waals surface area contributed by atoms with Crippen LogP contribution in [0.2, 0.25) is 0 Å². The van der Waals surface area contributed by atoms with Gasteiger partial charge in [-0.1, -0.05) is 12.1 Å². The van der Waals surface area contributed by atoms with Crippen molar-refractivity contribution in [3.05, 3.63) is 29.8 Å². The number of nitrogens with zero attached hydrogens (tertiary/aromatic N) is 1. The van der Waals surface area contributed by atoms with Gasteiger partial charge in [-0.2, -0.15) is 0 Å². The van der Waals surface area contributed by atoms with Crippen LogP contribution >= 0.6 is 0 Å². The molecule has 0 aromatic heterocycles. The van der Waals surface area contributed by atoms with Crippen molar-refractivity contribution in [1.29, 1.82) is 0 Å². The molecule has 1 aromatic rings. The van der Waals surface area contributed by atoms with E-state index in [1.807, 2.05) is 12.1 Å². The number of carbonyl (C=O) groups excluding carboxylic acids is 2. The Balaban J connectivity index is 1.14. The van der Waals surface area contributed by atoms with Crippen LogP contribution in [-0.2, 0) is 4.79 Å². The van der Waals surface area contributed by atoms with E-state index in [1.54, 1.807) is 19.2 Å². The van der Waals surface area contributed by atoms with Crippen molar-refractivity contribution >= 4 is 11.8 Å². The summed E-state index contributed by atoms with van der Waals surface area (Å²) < 4.78 is 5.31. The first-order valence-corrected chi connectivity index (χ1v) is 11.8. The van der Waals surface area contributed by atoms with Crippen molar-refractivity contribution in [2.45, 2.75) is 63.8 Å². The Morgan fingerprint density at radius 1 is 1.03 bits per heavy atom. The van der Waals surface area contributed by atoms with Gasteiger partial charge in [0.15, 0.2) is 0 Å². The summed E-state index contributed by atoms with van der Waals surface area (Å²) >= 11 is 0. The van der Waals surface area contributed by atoms with Gasteiger partial charge >= 0.3 is 0 Å². The summed E-state index contributed by atoms with van der Waals surface area (Å²) in [5.74, 6) is 3.52. The molecule has 4 saturated carbocycles. The highest BCUT2D eigenvalue weighted by Gasteiger charge is 2.51. The molecular formula is C25H34N2O3. The normalized spacial score (nSPS) is 32.8. The summed E-state index contributed by atoms with van der Waals surface area (Å²) in [6.07, 6.45) is 10.5. The first-order valence-electron chi connectivity index (χ1n) is 11.8. The van der Waals surface area contributed by atoms with Crippen LogP contribution in [0.1, 0.15) is 68.1 Å². The number of benzene rings is 1. The van der Waals surface area contributed by atoms with E-state index in [0.29, 0.717) is 22.6 Å². The van der Waals surface area contributed by atoms with Gasteiger partial charge in [-0.3, -0.25) is 9.59 Å². The second-order valence-corrected chi connectivity index (χ2v) is 10.4. The van der Waals surface area contributed by atoms with Crippen LogP contribution in [0.25, 0.3) is 0 Å². The molecule has 0 unspecified atom stereocenters. The van der Waals surface area contributed by atoms with Crippen LogP contribution in [0.3, 0.4) is 0 Å². The minimum atomic E-state index is -0.0919. The fourth-order valence-electron chi connectivity index (χ4n) is 7.31. The second-order valence-electron chi connectivity index (χ2n) is 10.4. The predicted molar refractivity (Wildman–Crippen MR) is 115 cm³/mol. The molecule has 162 valence electrons. The molecule has 1 saturated heterocycles. The smallest absolute Gasteiger partial charge is 0.255 e. The quantitative estimate of drug-likeness (QED) is 0.798. The maximum Gasteiger partial charge on any atom is 0.255 e. The SMILES string of the molecule is COc1ccccc1C(=O)NC1CCN(C(=O)CC23CC4CC(CC(C4)C2)C3)CC1. The number of nitrogens with one attached hydrogen (secondary N) is 1. The number of likely N-dealkylation sites (tertiary alicyclic amines) is 1. The van der Waals surface area contributed by atoms with Crippen LogP contribution < -0.4 is 10.1 Å². The number of hydrogen-bond donors (Lipinski definition) is 1. The monoisotopic (exact) mass is 410 g/mol. The van der Waals surface area contributed by atoms with Crippen molar-refractivity contribution in [2.75, 3.05) is 20.2 Å². The van der Waals surface area contributed by atoms with E-state index >= 15 is 0 Å². The molecule has 2 amide bonds. The lowest BCUT2D eigenvalue weighted by molar-refractivity contribution is -0.140. The third-order valence-corrected chi connectivity index (χ3v) is 8.23. The van der Waals surface area contributed by atoms with Crippen molar-refractivity contribution < 1.29 is 14.3 Å². The molecule has 4 aliphatic carbocycles. The van der Waals surface area contributed by atoms with Crippen LogP contribution in [0.4, 0.5) is 0 Å². The topological polar surface area (TPSA) is 58.6 Å². The molecule has 1 N–H and O–H groups in total. The minimum absolute atomic E-state index is 0.0919. The van der Waals surface area contributed by atoms with E-state index < -0.39 is 0 Å². The highest BCUT2D eigenvalue weighted by molar-refractivity contribution is 5.97. The van der Waals surface area contributed by atoms with E-state index in [9.17, 15) is 9.59 Å². The molecule has 0 spiro atoms. The number of carbonyl (C=O) groups is 2. The standard InChI is InChI=1S/C25H34N2O3/c1-30-22-5-3-2-4-21(22)24(29)26-20-6-8-27(9-7-20)23(28)16-25-13-17-10-18(14-25)12-19(11-17)15-25/h2-5,17-20H,6-16H2,1H3,(H,26,29). The number of hydrogen-bond acceptors (Lipinski definition) is 3. The number of ether oxygens (including phenoxy) is 1. The van der Waals surface area contributed by atoms with Gasteiger partial charge in [0, 0.05) is 25.6 Å². The van der Waals surface area contributed by atoms with Crippen molar-refractivity contribution in [2.24, 2.45) is 23.2 Å². The van der Waals surface area contributed by atoms with Crippen LogP contribution in [0, 0.1) is 23.2 Å². The predicted octanol–water partition coefficient (Wildman–Crippen LogP) is 4.02. The van der Waals surface area contributed by atoms with Crippen LogP contribution in [0.5, 0.6) is 5.75 Å². The average molecular weight is 411 g/mol. The van der Waals surface area contributed by atoms with Gasteiger partial charge in [0.25, 0.3) is 5.91 Å². The summed E-state index contributed by atoms with van der Waals surface area (Å²) in [5.41, 5.74) is 0.876. The second kappa shape index (κ2) is 7.90. The summed E-state index contributed by atoms with van der Waals surface area (Å²) in [4.78, 5) is 27.9. The fourth-order valence-corrected chi connectivity index (χ4v) is 7.31. The minimum Gasteiger partial charge on any atom is -0.496 e. The summed E-state index contributed by atoms with van der Waals surface area (Å²) in [6.45, 7) is 1.50. The van der Waals surface area contributed by atoms with Gasteiger partial charge in [0.05, 0.1) is 12.7 Å². The number of methoxy groups -OCH3 is 1. The molecule has 5 heteroatoms. The lowest BCUT2D eigenvalue weighted by Gasteiger charge is -2.57. The summed E-state index contributed by atoms with van der Waals surface area (Å²) in [7, 11) is 1.58. The third-order valence-electron chi connectivity index (χ3n) is 8.23. The van der Waals surface area contributed by atoms with Gasteiger partial charge < -0.3 is 15.0 Å². The van der Waals surface area contributed by atoms with Gasteiger partial charge in [0.2, 0.25) is 5.91 Å². The van der Waals surface area contributed by atoms with Gasteiger partial charge in [0.1, 0.15) is 5.75 Å². The Kier molecular flexibility index (Phi) is 5.24. The van der Waals surface area contributed by atoms with Crippen molar-refractivity contribution in [3.63, 3.8) is 0 Å². The zero-order valence-corrected chi connectivity index (χ0v) is 18.1. The van der Waals surface area contributed by atoms with E-state index in [1.165, 1.54) is 38.5 Å². The highest BCUT2D eigenvalue weighted by Crippen LogP contribution is 2.61. The molecule has 5 nitrogen and oxygen atoms in total. The third kappa shape index (κ3) is 3.83. The lowest BCUT2D eigenvalue weighted by Crippen LogP contribution is -2.50. The molecular weight excluding hydrogens is 376 g/mol. The van der Waals surface area contributed by atoms with E-state index in [4.69, 9.17) is 4.74 Å². The molecule has 30 heavy (non-hydrogen) atoms. The Labute approximate surface area is 179 Å². The Hall–Kier alpha value is -2.04. The zero-order valence-electron chi connectivity index (χ0n) is 18.1. The Morgan fingerprint density at radius 2 is 1.63 bits per heavy atom. The molecule has 1 aromatic carbocycles. The number of piperidine rings is 1. The average Bonchev–Trinajstić information content (AvgIpc) is 2.73. The summed E-state index contributed by atoms with van der Waals surface area (Å²) in [6, 6.07) is 7.43. The largest absolute Gasteiger partial charge is 0.496 e. The molecule has 1 aliphatic heterocycles. The Morgan fingerprint density at radius 3 is 2.23 bits per heavy atom. The molecule has 5 fully saturated rings. The fraction of sp³-hybridized carbons (Fsp3) is 0.680. The zero-order chi connectivity index (χ0) is 20.7. The van der Waals surface area contributed by atoms with E-state index in [-0.39, 0.29) is 11.9 Å². The van der Waals surface area contributed by atoms with E-state index in [2.05, 4.69) is 10.2 Å². The van der Waals surface area contributed by atoms with Crippen LogP contribution in [-0.4, -0.2) is 43.0 Å². The van der Waals surface area contributed by atoms with Crippen molar-refractivity contribution in [3.8, 4) is 5.75 Å². The molecule has 4 bridgehead atoms. The molecule has 5 aliphatic rings.